The van der Waals surface area contributed by atoms with Gasteiger partial charge in [-0.1, -0.05) is 18.2 Å². The highest BCUT2D eigenvalue weighted by Crippen LogP contribution is 2.22. The molecule has 0 aliphatic carbocycles. The van der Waals surface area contributed by atoms with Gasteiger partial charge in [0.15, 0.2) is 11.7 Å². The number of hydrogen-bond donors (Lipinski definition) is 2. The molecule has 0 radical (unpaired) electrons. The Bertz CT molecular complexity index is 973. The summed E-state index contributed by atoms with van der Waals surface area (Å²) >= 11 is 0. The highest BCUT2D eigenvalue weighted by molar-refractivity contribution is 6.19. The van der Waals surface area contributed by atoms with Crippen molar-refractivity contribution >= 4 is 23.6 Å². The number of carbonyl (C=O) groups excluding carboxylic acids is 3. The molecule has 2 N–H and O–H groups in total. The third kappa shape index (κ3) is 5.19. The van der Waals surface area contributed by atoms with E-state index in [-0.39, 0.29) is 19.5 Å². The van der Waals surface area contributed by atoms with E-state index in [1.165, 1.54) is 4.90 Å². The number of amides is 2. The number of ether oxygens (including phenoxy) is 1. The number of pyridine rings is 1. The van der Waals surface area contributed by atoms with E-state index in [2.05, 4.69) is 10.3 Å². The number of aryl methyl sites for hydroxylation is 1. The molecule has 2 amide bonds. The highest BCUT2D eigenvalue weighted by Gasteiger charge is 2.40. The summed E-state index contributed by atoms with van der Waals surface area (Å²) in [6, 6.07) is 11.0. The van der Waals surface area contributed by atoms with E-state index in [9.17, 15) is 19.2 Å². The number of nitrogens with one attached hydrogen (secondary N) is 1. The largest absolute Gasteiger partial charge is 0.480 e. The predicted octanol–water partition coefficient (Wildman–Crippen LogP) is 1.30. The molecule has 1 fully saturated rings. The Morgan fingerprint density at radius 3 is 2.73 bits per heavy atom. The number of likely N-dealkylation sites (tertiary alicyclic amines) is 1. The minimum Gasteiger partial charge on any atom is -0.480 e. The van der Waals surface area contributed by atoms with Crippen molar-refractivity contribution in [1.82, 2.24) is 15.2 Å². The van der Waals surface area contributed by atoms with Crippen molar-refractivity contribution < 1.29 is 29.0 Å². The summed E-state index contributed by atoms with van der Waals surface area (Å²) in [5, 5.41) is 10.8. The van der Waals surface area contributed by atoms with Crippen molar-refractivity contribution in [2.24, 2.45) is 5.92 Å². The molecule has 0 bridgehead atoms. The maximum absolute atomic E-state index is 12.6. The average molecular weight is 411 g/mol. The molecule has 9 nitrogen and oxygen atoms in total. The molecular weight excluding hydrogens is 390 g/mol. The molecule has 2 heterocycles. The van der Waals surface area contributed by atoms with E-state index in [4.69, 9.17) is 9.84 Å². The van der Waals surface area contributed by atoms with E-state index in [1.807, 2.05) is 31.2 Å². The molecule has 156 valence electrons. The highest BCUT2D eigenvalue weighted by atomic mass is 16.5. The van der Waals surface area contributed by atoms with Gasteiger partial charge in [-0.15, -0.1) is 0 Å². The second-order valence-electron chi connectivity index (χ2n) is 6.94. The van der Waals surface area contributed by atoms with Crippen LogP contribution in [0.15, 0.2) is 42.6 Å². The number of Topliss-reactive ketones (excluding diaryl/α,β-unsaturated/α-hetero) is 1. The topological polar surface area (TPSA) is 126 Å². The molecular formula is C21H21N3O6. The lowest BCUT2D eigenvalue weighted by Gasteiger charge is -2.30. The van der Waals surface area contributed by atoms with Crippen LogP contribution in [0.4, 0.5) is 0 Å². The third-order valence-electron chi connectivity index (χ3n) is 4.57. The number of nitrogens with zero attached hydrogens (tertiary/aromatic N) is 2. The van der Waals surface area contributed by atoms with Crippen LogP contribution in [-0.2, 0) is 25.7 Å². The molecule has 1 aromatic carbocycles. The van der Waals surface area contributed by atoms with Crippen LogP contribution >= 0.6 is 0 Å². The first-order chi connectivity index (χ1) is 14.3. The summed E-state index contributed by atoms with van der Waals surface area (Å²) in [6.45, 7) is 1.66. The van der Waals surface area contributed by atoms with Gasteiger partial charge in [-0.3, -0.25) is 19.2 Å². The number of aliphatic carboxylic acids is 1. The molecule has 0 saturated carbocycles. The normalized spacial score (nSPS) is 16.3. The lowest BCUT2D eigenvalue weighted by atomic mass is 9.94. The molecule has 1 saturated heterocycles. The van der Waals surface area contributed by atoms with Gasteiger partial charge in [0, 0.05) is 31.8 Å². The fraction of sp³-hybridized carbons (Fsp3) is 0.286. The molecule has 1 unspecified atom stereocenters. The second kappa shape index (κ2) is 9.17. The maximum atomic E-state index is 12.6. The molecule has 0 spiro atoms. The Kier molecular flexibility index (Phi) is 6.41. The summed E-state index contributed by atoms with van der Waals surface area (Å²) in [6.07, 6.45) is 1.59. The summed E-state index contributed by atoms with van der Waals surface area (Å²) in [5.41, 5.74) is 1.77. The summed E-state index contributed by atoms with van der Waals surface area (Å²) in [7, 11) is 0. The van der Waals surface area contributed by atoms with Gasteiger partial charge in [0.1, 0.15) is 12.3 Å². The number of benzene rings is 1. The van der Waals surface area contributed by atoms with Crippen molar-refractivity contribution in [3.05, 3.63) is 53.7 Å². The first-order valence-corrected chi connectivity index (χ1v) is 9.34. The quantitative estimate of drug-likeness (QED) is 0.658. The van der Waals surface area contributed by atoms with Crippen LogP contribution < -0.4 is 10.1 Å². The van der Waals surface area contributed by atoms with Crippen LogP contribution in [0.5, 0.6) is 11.6 Å². The van der Waals surface area contributed by atoms with Crippen LogP contribution in [0.3, 0.4) is 0 Å². The van der Waals surface area contributed by atoms with Gasteiger partial charge in [-0.25, -0.2) is 4.98 Å². The standard InChI is InChI=1S/C21H21N3O6/c1-13-3-2-4-15(9-13)30-17-6-5-14(10-22-17)12-24-8-7-16(25)19(21(24)29)20(28)23-11-18(26)27/h2-6,9-10,19H,7-8,11-12H2,1H3,(H,23,28)(H,26,27). The van der Waals surface area contributed by atoms with Gasteiger partial charge in [-0.2, -0.15) is 0 Å². The van der Waals surface area contributed by atoms with E-state index >= 15 is 0 Å². The van der Waals surface area contributed by atoms with Gasteiger partial charge >= 0.3 is 5.97 Å². The molecule has 9 heteroatoms. The van der Waals surface area contributed by atoms with Crippen molar-refractivity contribution in [2.75, 3.05) is 13.1 Å². The van der Waals surface area contributed by atoms with Gasteiger partial charge in [0.2, 0.25) is 17.7 Å². The Morgan fingerprint density at radius 2 is 2.07 bits per heavy atom. The average Bonchev–Trinajstić information content (AvgIpc) is 2.70. The minimum absolute atomic E-state index is 0.0267. The number of ketones is 1. The summed E-state index contributed by atoms with van der Waals surface area (Å²) in [5.74, 6) is -3.76. The molecule has 1 atom stereocenters. The summed E-state index contributed by atoms with van der Waals surface area (Å²) < 4.78 is 5.70. The van der Waals surface area contributed by atoms with E-state index in [0.29, 0.717) is 17.2 Å². The maximum Gasteiger partial charge on any atom is 0.322 e. The number of piperidine rings is 1. The molecule has 30 heavy (non-hydrogen) atoms. The SMILES string of the molecule is Cc1cccc(Oc2ccc(CN3CCC(=O)C(C(=O)NCC(=O)O)C3=O)cn2)c1. The number of rotatable bonds is 7. The predicted molar refractivity (Wildman–Crippen MR) is 105 cm³/mol. The molecule has 2 aromatic rings. The monoisotopic (exact) mass is 411 g/mol. The van der Waals surface area contributed by atoms with Crippen molar-refractivity contribution in [3.63, 3.8) is 0 Å². The Labute approximate surface area is 172 Å². The van der Waals surface area contributed by atoms with E-state index < -0.39 is 36.0 Å². The van der Waals surface area contributed by atoms with Gasteiger partial charge in [-0.05, 0) is 30.2 Å². The zero-order valence-corrected chi connectivity index (χ0v) is 16.3. The number of carbonyl (C=O) groups is 4. The first kappa shape index (κ1) is 21.0. The van der Waals surface area contributed by atoms with Gasteiger partial charge in [0.25, 0.3) is 0 Å². The molecule has 1 aliphatic heterocycles. The zero-order chi connectivity index (χ0) is 21.7. The van der Waals surface area contributed by atoms with Gasteiger partial charge < -0.3 is 20.1 Å². The molecule has 3 rings (SSSR count). The van der Waals surface area contributed by atoms with Crippen LogP contribution in [-0.4, -0.2) is 51.6 Å². The Morgan fingerprint density at radius 1 is 1.27 bits per heavy atom. The second-order valence-corrected chi connectivity index (χ2v) is 6.94. The number of carboxylic acids is 1. The van der Waals surface area contributed by atoms with Crippen LogP contribution in [0.1, 0.15) is 17.5 Å². The molecule has 1 aliphatic rings. The van der Waals surface area contributed by atoms with Crippen molar-refractivity contribution in [1.29, 1.82) is 0 Å². The third-order valence-corrected chi connectivity index (χ3v) is 4.57. The fourth-order valence-electron chi connectivity index (χ4n) is 3.08. The van der Waals surface area contributed by atoms with E-state index in [1.54, 1.807) is 18.3 Å². The van der Waals surface area contributed by atoms with Gasteiger partial charge in [0.05, 0.1) is 0 Å². The zero-order valence-electron chi connectivity index (χ0n) is 16.3. The lowest BCUT2D eigenvalue weighted by Crippen LogP contribution is -2.52. The lowest BCUT2D eigenvalue weighted by molar-refractivity contribution is -0.152. The number of hydrogen-bond acceptors (Lipinski definition) is 6. The first-order valence-electron chi connectivity index (χ1n) is 9.34. The minimum atomic E-state index is -1.52. The van der Waals surface area contributed by atoms with Crippen molar-refractivity contribution in [2.45, 2.75) is 19.9 Å². The Balaban J connectivity index is 1.63. The Hall–Kier alpha value is -3.75. The van der Waals surface area contributed by atoms with Crippen molar-refractivity contribution in [3.8, 4) is 11.6 Å². The molecule has 1 aromatic heterocycles. The smallest absolute Gasteiger partial charge is 0.322 e. The van der Waals surface area contributed by atoms with Crippen LogP contribution in [0, 0.1) is 12.8 Å². The van der Waals surface area contributed by atoms with E-state index in [0.717, 1.165) is 5.56 Å². The van der Waals surface area contributed by atoms with Crippen LogP contribution in [0.2, 0.25) is 0 Å². The fourth-order valence-corrected chi connectivity index (χ4v) is 3.08. The number of aromatic nitrogens is 1. The summed E-state index contributed by atoms with van der Waals surface area (Å²) in [4.78, 5) is 53.0. The van der Waals surface area contributed by atoms with Crippen LogP contribution in [0.25, 0.3) is 0 Å². The number of carboxylic acid groups (broad SMARTS) is 1.